The summed E-state index contributed by atoms with van der Waals surface area (Å²) < 4.78 is 5.20. The number of hydrogen-bond donors (Lipinski definition) is 3. The number of carbonyl (C=O) groups is 1. The Morgan fingerprint density at radius 2 is 1.94 bits per heavy atom. The van der Waals surface area contributed by atoms with E-state index in [4.69, 9.17) is 4.74 Å². The van der Waals surface area contributed by atoms with Gasteiger partial charge in [-0.15, -0.1) is 0 Å². The van der Waals surface area contributed by atoms with Gasteiger partial charge in [0.1, 0.15) is 11.2 Å². The molecule has 1 rings (SSSR count). The minimum absolute atomic E-state index is 0.148. The Labute approximate surface area is 103 Å². The van der Waals surface area contributed by atoms with Crippen LogP contribution in [0.25, 0.3) is 0 Å². The first kappa shape index (κ1) is 14.3. The van der Waals surface area contributed by atoms with Crippen LogP contribution >= 0.6 is 0 Å². The Hall–Kier alpha value is -0.810. The predicted octanol–water partition coefficient (Wildman–Crippen LogP) is 0.870. The molecule has 0 aromatic carbocycles. The van der Waals surface area contributed by atoms with Crippen molar-refractivity contribution in [3.05, 3.63) is 0 Å². The van der Waals surface area contributed by atoms with E-state index in [1.165, 1.54) is 0 Å². The number of carbonyl (C=O) groups excluding carboxylic acids is 1. The maximum Gasteiger partial charge on any atom is 0.407 e. The topological polar surface area (TPSA) is 70.6 Å². The molecule has 1 aliphatic rings. The molecule has 0 radical (unpaired) electrons. The van der Waals surface area contributed by atoms with Gasteiger partial charge in [0.25, 0.3) is 0 Å². The van der Waals surface area contributed by atoms with E-state index in [1.54, 1.807) is 0 Å². The summed E-state index contributed by atoms with van der Waals surface area (Å²) in [6, 6.07) is -0.293. The van der Waals surface area contributed by atoms with Gasteiger partial charge < -0.3 is 20.5 Å². The van der Waals surface area contributed by atoms with Crippen LogP contribution in [-0.4, -0.2) is 41.5 Å². The van der Waals surface area contributed by atoms with E-state index in [0.717, 1.165) is 0 Å². The van der Waals surface area contributed by atoms with Gasteiger partial charge in [0.15, 0.2) is 0 Å². The summed E-state index contributed by atoms with van der Waals surface area (Å²) in [5.74, 6) is 0.148. The van der Waals surface area contributed by atoms with Crippen LogP contribution in [0.15, 0.2) is 0 Å². The highest BCUT2D eigenvalue weighted by Crippen LogP contribution is 2.22. The molecule has 1 amide bonds. The summed E-state index contributed by atoms with van der Waals surface area (Å²) in [6.07, 6.45) is -0.475. The Morgan fingerprint density at radius 3 is 2.24 bits per heavy atom. The van der Waals surface area contributed by atoms with Gasteiger partial charge in [0.05, 0.1) is 6.04 Å². The largest absolute Gasteiger partial charge is 0.444 e. The number of alkyl carbamates (subject to hydrolysis) is 1. The molecule has 17 heavy (non-hydrogen) atoms. The van der Waals surface area contributed by atoms with Gasteiger partial charge >= 0.3 is 6.09 Å². The highest BCUT2D eigenvalue weighted by Gasteiger charge is 2.45. The predicted molar refractivity (Wildman–Crippen MR) is 65.8 cm³/mol. The summed E-state index contributed by atoms with van der Waals surface area (Å²) in [4.78, 5) is 11.7. The molecule has 100 valence electrons. The molecular weight excluding hydrogens is 220 g/mol. The third-order valence-corrected chi connectivity index (χ3v) is 2.78. The van der Waals surface area contributed by atoms with Crippen LogP contribution in [0.2, 0.25) is 0 Å². The third kappa shape index (κ3) is 3.85. The Kier molecular flexibility index (Phi) is 4.04. The van der Waals surface area contributed by atoms with Crippen LogP contribution in [-0.2, 0) is 4.74 Å². The second-order valence-electron chi connectivity index (χ2n) is 6.08. The van der Waals surface area contributed by atoms with Crippen molar-refractivity contribution in [2.24, 2.45) is 5.92 Å². The lowest BCUT2D eigenvalue weighted by molar-refractivity contribution is -0.0577. The number of ether oxygens (including phenoxy) is 1. The van der Waals surface area contributed by atoms with Crippen molar-refractivity contribution >= 4 is 6.09 Å². The number of hydrogen-bond acceptors (Lipinski definition) is 4. The SMILES string of the molecule is CC(C)C(NC(=O)OC(C)(C)C)C1(O)CNC1. The average molecular weight is 244 g/mol. The monoisotopic (exact) mass is 244 g/mol. The van der Waals surface area contributed by atoms with Gasteiger partial charge in [-0.25, -0.2) is 4.79 Å². The molecule has 3 N–H and O–H groups in total. The zero-order chi connectivity index (χ0) is 13.3. The van der Waals surface area contributed by atoms with E-state index >= 15 is 0 Å². The van der Waals surface area contributed by atoms with Crippen LogP contribution in [0.1, 0.15) is 34.6 Å². The lowest BCUT2D eigenvalue weighted by Crippen LogP contribution is -2.71. The van der Waals surface area contributed by atoms with Gasteiger partial charge in [0, 0.05) is 13.1 Å². The van der Waals surface area contributed by atoms with Crippen LogP contribution in [0, 0.1) is 5.92 Å². The molecule has 1 atom stereocenters. The average Bonchev–Trinajstić information content (AvgIpc) is 2.07. The lowest BCUT2D eigenvalue weighted by Gasteiger charge is -2.45. The number of aliphatic hydroxyl groups is 1. The van der Waals surface area contributed by atoms with Crippen molar-refractivity contribution in [1.29, 1.82) is 0 Å². The number of amides is 1. The fourth-order valence-electron chi connectivity index (χ4n) is 1.96. The number of nitrogens with one attached hydrogen (secondary N) is 2. The van der Waals surface area contributed by atoms with Crippen LogP contribution in [0.4, 0.5) is 4.79 Å². The van der Waals surface area contributed by atoms with Crippen LogP contribution < -0.4 is 10.6 Å². The van der Waals surface area contributed by atoms with Crippen LogP contribution in [0.3, 0.4) is 0 Å². The first-order valence-corrected chi connectivity index (χ1v) is 6.07. The highest BCUT2D eigenvalue weighted by molar-refractivity contribution is 5.68. The lowest BCUT2D eigenvalue weighted by atomic mass is 9.82. The number of rotatable bonds is 3. The van der Waals surface area contributed by atoms with Crippen LogP contribution in [0.5, 0.6) is 0 Å². The van der Waals surface area contributed by atoms with E-state index in [1.807, 2.05) is 34.6 Å². The van der Waals surface area contributed by atoms with E-state index in [2.05, 4.69) is 10.6 Å². The fraction of sp³-hybridized carbons (Fsp3) is 0.917. The summed E-state index contributed by atoms with van der Waals surface area (Å²) in [7, 11) is 0. The Morgan fingerprint density at radius 1 is 1.41 bits per heavy atom. The van der Waals surface area contributed by atoms with Gasteiger partial charge in [-0.05, 0) is 26.7 Å². The first-order chi connectivity index (χ1) is 7.64. The van der Waals surface area contributed by atoms with E-state index in [9.17, 15) is 9.90 Å². The molecule has 0 spiro atoms. The molecule has 0 aliphatic carbocycles. The molecule has 0 aromatic heterocycles. The molecule has 1 aliphatic heterocycles. The van der Waals surface area contributed by atoms with Gasteiger partial charge in [-0.1, -0.05) is 13.8 Å². The molecule has 1 heterocycles. The van der Waals surface area contributed by atoms with Gasteiger partial charge in [0.2, 0.25) is 0 Å². The standard InChI is InChI=1S/C12H24N2O3/c1-8(2)9(12(16)6-13-7-12)14-10(15)17-11(3,4)5/h8-9,13,16H,6-7H2,1-5H3,(H,14,15). The maximum absolute atomic E-state index is 11.7. The molecular formula is C12H24N2O3. The minimum atomic E-state index is -0.856. The van der Waals surface area contributed by atoms with E-state index in [0.29, 0.717) is 13.1 Å². The Balaban J connectivity index is 2.59. The van der Waals surface area contributed by atoms with Crippen molar-refractivity contribution < 1.29 is 14.6 Å². The van der Waals surface area contributed by atoms with Crippen molar-refractivity contribution in [3.63, 3.8) is 0 Å². The fourth-order valence-corrected chi connectivity index (χ4v) is 1.96. The van der Waals surface area contributed by atoms with Crippen molar-refractivity contribution in [1.82, 2.24) is 10.6 Å². The Bertz CT molecular complexity index is 280. The smallest absolute Gasteiger partial charge is 0.407 e. The zero-order valence-electron chi connectivity index (χ0n) is 11.3. The second-order valence-corrected chi connectivity index (χ2v) is 6.08. The molecule has 1 saturated heterocycles. The molecule has 0 aromatic rings. The molecule has 1 unspecified atom stereocenters. The molecule has 5 heteroatoms. The van der Waals surface area contributed by atoms with Crippen molar-refractivity contribution in [2.45, 2.75) is 51.9 Å². The van der Waals surface area contributed by atoms with Crippen molar-refractivity contribution in [3.8, 4) is 0 Å². The molecule has 0 saturated carbocycles. The summed E-state index contributed by atoms with van der Waals surface area (Å²) in [5.41, 5.74) is -1.38. The van der Waals surface area contributed by atoms with Gasteiger partial charge in [-0.3, -0.25) is 0 Å². The molecule has 1 fully saturated rings. The summed E-state index contributed by atoms with van der Waals surface area (Å²) in [6.45, 7) is 10.4. The highest BCUT2D eigenvalue weighted by atomic mass is 16.6. The zero-order valence-corrected chi connectivity index (χ0v) is 11.3. The minimum Gasteiger partial charge on any atom is -0.444 e. The first-order valence-electron chi connectivity index (χ1n) is 6.07. The molecule has 0 bridgehead atoms. The quantitative estimate of drug-likeness (QED) is 0.689. The summed E-state index contributed by atoms with van der Waals surface area (Å²) in [5, 5.41) is 16.0. The van der Waals surface area contributed by atoms with E-state index < -0.39 is 17.3 Å². The molecule has 5 nitrogen and oxygen atoms in total. The normalized spacial score (nSPS) is 20.6. The van der Waals surface area contributed by atoms with E-state index in [-0.39, 0.29) is 12.0 Å². The maximum atomic E-state index is 11.7. The third-order valence-electron chi connectivity index (χ3n) is 2.78. The number of β-amino-alcohol motifs (C(OH)–C–C–N with tert-alkyl or cyclic N) is 1. The second kappa shape index (κ2) is 4.82. The van der Waals surface area contributed by atoms with Crippen molar-refractivity contribution in [2.75, 3.05) is 13.1 Å². The van der Waals surface area contributed by atoms with Gasteiger partial charge in [-0.2, -0.15) is 0 Å². The summed E-state index contributed by atoms with van der Waals surface area (Å²) >= 11 is 0.